The van der Waals surface area contributed by atoms with Crippen LogP contribution < -0.4 is 10.1 Å². The summed E-state index contributed by atoms with van der Waals surface area (Å²) < 4.78 is 44.7. The summed E-state index contributed by atoms with van der Waals surface area (Å²) in [4.78, 5) is 23.9. The highest BCUT2D eigenvalue weighted by atomic mass is 19.4. The van der Waals surface area contributed by atoms with Crippen LogP contribution in [0.5, 0.6) is 5.88 Å². The lowest BCUT2D eigenvalue weighted by Crippen LogP contribution is -2.48. The van der Waals surface area contributed by atoms with Crippen molar-refractivity contribution in [3.05, 3.63) is 53.0 Å². The first kappa shape index (κ1) is 25.4. The van der Waals surface area contributed by atoms with Gasteiger partial charge >= 0.3 is 6.18 Å². The summed E-state index contributed by atoms with van der Waals surface area (Å²) in [5, 5.41) is 3.65. The molecule has 1 unspecified atom stereocenters. The molecule has 4 rings (SSSR count). The first-order chi connectivity index (χ1) is 16.5. The maximum absolute atomic E-state index is 13.9. The second-order valence-electron chi connectivity index (χ2n) is 10.1. The zero-order valence-electron chi connectivity index (χ0n) is 20.7. The van der Waals surface area contributed by atoms with Gasteiger partial charge in [0.05, 0.1) is 18.1 Å². The Morgan fingerprint density at radius 1 is 1.23 bits per heavy atom. The van der Waals surface area contributed by atoms with Gasteiger partial charge in [-0.25, -0.2) is 4.98 Å². The molecule has 1 amide bonds. The van der Waals surface area contributed by atoms with Crippen molar-refractivity contribution >= 4 is 5.91 Å². The Morgan fingerprint density at radius 2 is 2.00 bits per heavy atom. The van der Waals surface area contributed by atoms with Crippen LogP contribution in [0.2, 0.25) is 0 Å². The molecule has 3 atom stereocenters. The van der Waals surface area contributed by atoms with Gasteiger partial charge in [0.1, 0.15) is 0 Å². The Labute approximate surface area is 204 Å². The summed E-state index contributed by atoms with van der Waals surface area (Å²) >= 11 is 0. The number of rotatable bonds is 6. The van der Waals surface area contributed by atoms with Gasteiger partial charge in [0.25, 0.3) is 0 Å². The number of methoxy groups -OCH3 is 1. The van der Waals surface area contributed by atoms with E-state index in [4.69, 9.17) is 4.74 Å². The van der Waals surface area contributed by atoms with Crippen LogP contribution in [0.3, 0.4) is 0 Å². The lowest BCUT2D eigenvalue weighted by Gasteiger charge is -2.39. The Hall–Kier alpha value is -2.68. The number of carbonyl (C=O) groups excluding carboxylic acids is 1. The number of amides is 1. The summed E-state index contributed by atoms with van der Waals surface area (Å²) in [7, 11) is 1.58. The van der Waals surface area contributed by atoms with Gasteiger partial charge in [0.2, 0.25) is 11.8 Å². The summed E-state index contributed by atoms with van der Waals surface area (Å²) in [5.41, 5.74) is 0.874. The molecule has 1 saturated carbocycles. The van der Waals surface area contributed by atoms with Gasteiger partial charge < -0.3 is 15.0 Å². The van der Waals surface area contributed by atoms with Crippen LogP contribution in [0.4, 0.5) is 13.2 Å². The highest BCUT2D eigenvalue weighted by molar-refractivity contribution is 5.83. The van der Waals surface area contributed by atoms with E-state index in [0.29, 0.717) is 36.5 Å². The number of halogens is 3. The number of carbonyl (C=O) groups is 1. The molecule has 1 fully saturated rings. The lowest BCUT2D eigenvalue weighted by molar-refractivity contribution is -0.145. The van der Waals surface area contributed by atoms with E-state index in [1.54, 1.807) is 18.2 Å². The third-order valence-corrected chi connectivity index (χ3v) is 7.69. The van der Waals surface area contributed by atoms with Gasteiger partial charge in [-0.15, -0.1) is 0 Å². The predicted molar refractivity (Wildman–Crippen MR) is 126 cm³/mol. The van der Waals surface area contributed by atoms with Crippen LogP contribution in [0.1, 0.15) is 68.5 Å². The van der Waals surface area contributed by atoms with E-state index in [1.807, 2.05) is 12.1 Å². The van der Waals surface area contributed by atoms with Gasteiger partial charge in [-0.05, 0) is 49.3 Å². The number of nitrogens with zero attached hydrogens (tertiary/aromatic N) is 3. The van der Waals surface area contributed by atoms with Crippen molar-refractivity contribution in [2.45, 2.75) is 71.3 Å². The second kappa shape index (κ2) is 9.76. The number of alkyl halides is 3. The van der Waals surface area contributed by atoms with E-state index in [1.165, 1.54) is 0 Å². The van der Waals surface area contributed by atoms with Gasteiger partial charge in [-0.3, -0.25) is 9.78 Å². The second-order valence-corrected chi connectivity index (χ2v) is 10.1. The van der Waals surface area contributed by atoms with Gasteiger partial charge in [0.15, 0.2) is 0 Å². The van der Waals surface area contributed by atoms with Crippen molar-refractivity contribution < 1.29 is 22.7 Å². The summed E-state index contributed by atoms with van der Waals surface area (Å²) in [6.07, 6.45) is 1.01. The number of pyridine rings is 2. The molecule has 2 aromatic rings. The van der Waals surface area contributed by atoms with Crippen molar-refractivity contribution in [2.75, 3.05) is 13.7 Å². The fraction of sp³-hybridized carbons (Fsp3) is 0.577. The smallest absolute Gasteiger partial charge is 0.417 e. The van der Waals surface area contributed by atoms with Gasteiger partial charge in [-0.1, -0.05) is 19.9 Å². The van der Waals surface area contributed by atoms with Crippen LogP contribution in [0, 0.1) is 11.3 Å². The zero-order chi connectivity index (χ0) is 25.4. The standard InChI is InChI=1S/C26H33F3N4O2/c1-16(2)25(9-7-21(12-25)32-17(3)18-5-6-23(35-4)31-13-18)24(34)33-10-8-22-19(15-33)11-20(14-30-22)26(27,28)29/h5-6,11,13-14,16-17,21,32H,7-10,12,15H2,1-4H3/t17?,21-,25+/m1/s1. The number of nitrogens with one attached hydrogen (secondary N) is 1. The Bertz CT molecular complexity index is 1060. The molecule has 0 aromatic carbocycles. The predicted octanol–water partition coefficient (Wildman–Crippen LogP) is 4.93. The third kappa shape index (κ3) is 5.15. The molecule has 35 heavy (non-hydrogen) atoms. The fourth-order valence-electron chi connectivity index (χ4n) is 5.47. The molecule has 1 aliphatic carbocycles. The number of aromatic nitrogens is 2. The molecule has 2 aromatic heterocycles. The first-order valence-corrected chi connectivity index (χ1v) is 12.1. The average Bonchev–Trinajstić information content (AvgIpc) is 3.27. The minimum absolute atomic E-state index is 0.0404. The maximum atomic E-state index is 13.9. The first-order valence-electron chi connectivity index (χ1n) is 12.1. The number of ether oxygens (including phenoxy) is 1. The van der Waals surface area contributed by atoms with Crippen LogP contribution >= 0.6 is 0 Å². The fourth-order valence-corrected chi connectivity index (χ4v) is 5.47. The molecule has 1 N–H and O–H groups in total. The zero-order valence-corrected chi connectivity index (χ0v) is 20.7. The van der Waals surface area contributed by atoms with E-state index in [9.17, 15) is 18.0 Å². The lowest BCUT2D eigenvalue weighted by atomic mass is 9.74. The summed E-state index contributed by atoms with van der Waals surface area (Å²) in [6.45, 7) is 6.86. The summed E-state index contributed by atoms with van der Waals surface area (Å²) in [6, 6.07) is 5.18. The van der Waals surface area contributed by atoms with Crippen LogP contribution in [0.15, 0.2) is 30.6 Å². The normalized spacial score (nSPS) is 23.3. The minimum Gasteiger partial charge on any atom is -0.481 e. The van der Waals surface area contributed by atoms with Crippen molar-refractivity contribution in [3.8, 4) is 5.88 Å². The monoisotopic (exact) mass is 490 g/mol. The van der Waals surface area contributed by atoms with Crippen LogP contribution in [-0.4, -0.2) is 40.5 Å². The highest BCUT2D eigenvalue weighted by Crippen LogP contribution is 2.47. The highest BCUT2D eigenvalue weighted by Gasteiger charge is 2.49. The topological polar surface area (TPSA) is 67.3 Å². The van der Waals surface area contributed by atoms with E-state index < -0.39 is 17.2 Å². The molecule has 9 heteroatoms. The molecule has 6 nitrogen and oxygen atoms in total. The van der Waals surface area contributed by atoms with E-state index in [0.717, 1.165) is 30.7 Å². The molecule has 1 aliphatic heterocycles. The summed E-state index contributed by atoms with van der Waals surface area (Å²) in [5.74, 6) is 0.714. The number of hydrogen-bond donors (Lipinski definition) is 1. The Morgan fingerprint density at radius 3 is 2.63 bits per heavy atom. The third-order valence-electron chi connectivity index (χ3n) is 7.69. The molecule has 0 saturated heterocycles. The van der Waals surface area contributed by atoms with E-state index in [-0.39, 0.29) is 30.5 Å². The Kier molecular flexibility index (Phi) is 7.09. The largest absolute Gasteiger partial charge is 0.481 e. The maximum Gasteiger partial charge on any atom is 0.417 e. The number of fused-ring (bicyclic) bond motifs is 1. The van der Waals surface area contributed by atoms with E-state index in [2.05, 4.69) is 36.1 Å². The number of hydrogen-bond acceptors (Lipinski definition) is 5. The van der Waals surface area contributed by atoms with Crippen molar-refractivity contribution in [1.82, 2.24) is 20.2 Å². The van der Waals surface area contributed by atoms with Crippen molar-refractivity contribution in [2.24, 2.45) is 11.3 Å². The van der Waals surface area contributed by atoms with Gasteiger partial charge in [-0.2, -0.15) is 13.2 Å². The van der Waals surface area contributed by atoms with Crippen LogP contribution in [-0.2, 0) is 23.9 Å². The Balaban J connectivity index is 1.47. The molecular weight excluding hydrogens is 457 g/mol. The molecular formula is C26H33F3N4O2. The minimum atomic E-state index is -4.45. The molecule has 0 radical (unpaired) electrons. The van der Waals surface area contributed by atoms with Crippen LogP contribution in [0.25, 0.3) is 0 Å². The van der Waals surface area contributed by atoms with Crippen molar-refractivity contribution in [3.63, 3.8) is 0 Å². The molecule has 0 spiro atoms. The van der Waals surface area contributed by atoms with Gasteiger partial charge in [0, 0.05) is 55.7 Å². The van der Waals surface area contributed by atoms with Crippen molar-refractivity contribution in [1.29, 1.82) is 0 Å². The quantitative estimate of drug-likeness (QED) is 0.622. The molecule has 190 valence electrons. The molecule has 2 aliphatic rings. The molecule has 0 bridgehead atoms. The average molecular weight is 491 g/mol. The SMILES string of the molecule is COc1ccc(C(C)N[C@@H]2CC[C@@](C(=O)N3CCc4ncc(C(F)(F)F)cc4C3)(C(C)C)C2)cn1. The van der Waals surface area contributed by atoms with E-state index >= 15 is 0 Å². The molecule has 3 heterocycles.